The van der Waals surface area contributed by atoms with E-state index in [1.54, 1.807) is 0 Å². The SMILES string of the molecule is FC(F)(F)[C](F)(F)[Sn]([C](F)(F)C(F)(F)F)[C](F)(F)C(F)(F)F.FC(F)(F)[C](F)(F)[Sn]([C](F)(F)C(F)(F)F)[C](F)(F)C(F)(F)F.[Zn]. The molecule has 0 aromatic heterocycles. The second-order valence-electron chi connectivity index (χ2n) is 7.18. The van der Waals surface area contributed by atoms with Gasteiger partial charge in [-0.1, -0.05) is 0 Å². The topological polar surface area (TPSA) is 0 Å². The van der Waals surface area contributed by atoms with Crippen LogP contribution in [0.3, 0.4) is 0 Å². The smallest absolute Gasteiger partial charge is 0 e. The minimum Gasteiger partial charge on any atom is 0 e. The summed E-state index contributed by atoms with van der Waals surface area (Å²) in [5.41, 5.74) is 0. The van der Waals surface area contributed by atoms with Crippen molar-refractivity contribution < 1.29 is 151 Å². The summed E-state index contributed by atoms with van der Waals surface area (Å²) in [6.45, 7) is 0. The van der Waals surface area contributed by atoms with Gasteiger partial charge in [0.05, 0.1) is 0 Å². The number of halogens is 30. The maximum atomic E-state index is 12.6. The first-order valence-corrected chi connectivity index (χ1v) is 17.2. The fourth-order valence-corrected chi connectivity index (χ4v) is 13.6. The molecule has 0 aliphatic heterocycles. The van der Waals surface area contributed by atoms with Gasteiger partial charge in [-0.05, 0) is 0 Å². The van der Waals surface area contributed by atoms with Crippen LogP contribution >= 0.6 is 0 Å². The fourth-order valence-electron chi connectivity index (χ4n) is 2.03. The zero-order chi connectivity index (χ0) is 37.2. The zero-order valence-electron chi connectivity index (χ0n) is 19.0. The molecule has 0 aliphatic rings. The predicted molar refractivity (Wildman–Crippen MR) is 77.5 cm³/mol. The summed E-state index contributed by atoms with van der Waals surface area (Å²) in [7, 11) is 0. The molecule has 0 aromatic carbocycles. The van der Waals surface area contributed by atoms with Crippen LogP contribution in [0.5, 0.6) is 0 Å². The van der Waals surface area contributed by atoms with Crippen LogP contribution in [0.25, 0.3) is 0 Å². The maximum Gasteiger partial charge on any atom is 0 e. The second kappa shape index (κ2) is 13.4. The van der Waals surface area contributed by atoms with Gasteiger partial charge in [-0.2, -0.15) is 0 Å². The Morgan fingerprint density at radius 3 is 0.289 bits per heavy atom. The molecule has 0 amide bonds. The minimum absolute atomic E-state index is 0. The Morgan fingerprint density at radius 2 is 0.244 bits per heavy atom. The van der Waals surface area contributed by atoms with Crippen LogP contribution in [0.1, 0.15) is 0 Å². The van der Waals surface area contributed by atoms with Gasteiger partial charge in [0.25, 0.3) is 0 Å². The molecule has 0 fully saturated rings. The molecular formula is C12F30Sn2Zn. The van der Waals surface area contributed by atoms with Gasteiger partial charge in [-0.15, -0.1) is 0 Å². The Bertz CT molecular complexity index is 753. The molecule has 0 aliphatic carbocycles. The molecule has 0 rings (SSSR count). The molecule has 0 atom stereocenters. The Morgan fingerprint density at radius 1 is 0.178 bits per heavy atom. The third-order valence-corrected chi connectivity index (χ3v) is 19.6. The van der Waals surface area contributed by atoms with Crippen molar-refractivity contribution in [3.63, 3.8) is 0 Å². The maximum absolute atomic E-state index is 12.6. The van der Waals surface area contributed by atoms with Crippen molar-refractivity contribution in [1.82, 2.24) is 0 Å². The van der Waals surface area contributed by atoms with E-state index in [-0.39, 0.29) is 19.5 Å². The van der Waals surface area contributed by atoms with Crippen molar-refractivity contribution in [2.75, 3.05) is 0 Å². The van der Waals surface area contributed by atoms with Gasteiger partial charge in [0.1, 0.15) is 0 Å². The van der Waals surface area contributed by atoms with E-state index in [1.165, 1.54) is 0 Å². The zero-order valence-corrected chi connectivity index (χ0v) is 27.7. The summed E-state index contributed by atoms with van der Waals surface area (Å²) < 4.78 is 319. The van der Waals surface area contributed by atoms with Gasteiger partial charge in [0, 0.05) is 19.5 Å². The van der Waals surface area contributed by atoms with Crippen LogP contribution in [0.4, 0.5) is 132 Å². The molecule has 2 radical (unpaired) electrons. The van der Waals surface area contributed by atoms with E-state index < -0.39 is 100 Å². The van der Waals surface area contributed by atoms with Crippen molar-refractivity contribution in [3.8, 4) is 0 Å². The molecule has 0 N–H and O–H groups in total. The number of hydrogen-bond donors (Lipinski definition) is 0. The van der Waals surface area contributed by atoms with Crippen LogP contribution in [0, 0.1) is 0 Å². The predicted octanol–water partition coefficient (Wildman–Crippen LogP) is 9.38. The molecule has 268 valence electrons. The van der Waals surface area contributed by atoms with Crippen molar-refractivity contribution in [1.29, 1.82) is 0 Å². The van der Waals surface area contributed by atoms with E-state index in [0.29, 0.717) is 0 Å². The standard InChI is InChI=1S/6C2F5.2Sn.Zn/c6*3-1(4)2(5,6)7;;;. The van der Waals surface area contributed by atoms with E-state index in [0.717, 1.165) is 0 Å². The second-order valence-corrected chi connectivity index (χ2v) is 22.2. The van der Waals surface area contributed by atoms with Gasteiger partial charge >= 0.3 is 232 Å². The summed E-state index contributed by atoms with van der Waals surface area (Å²) in [4.78, 5) is 0. The Labute approximate surface area is 251 Å². The fraction of sp³-hybridized carbons (Fsp3) is 1.00. The average Bonchev–Trinajstić information content (AvgIpc) is 2.61. The Balaban J connectivity index is -0.000000767. The van der Waals surface area contributed by atoms with Crippen LogP contribution < -0.4 is 0 Å². The first-order valence-electron chi connectivity index (χ1n) is 8.67. The summed E-state index contributed by atoms with van der Waals surface area (Å²) in [5, 5.41) is 0. The van der Waals surface area contributed by atoms with Gasteiger partial charge in [-0.3, -0.25) is 0 Å². The molecule has 0 saturated heterocycles. The summed E-state index contributed by atoms with van der Waals surface area (Å²) >= 11 is -18.8. The third-order valence-electron chi connectivity index (χ3n) is 4.02. The van der Waals surface area contributed by atoms with Crippen molar-refractivity contribution in [2.24, 2.45) is 0 Å². The molecular weight excluding hydrogens is 1020 g/mol. The average molecular weight is 1020 g/mol. The quantitative estimate of drug-likeness (QED) is 0.184. The molecule has 0 aromatic rings. The minimum atomic E-state index is -9.38. The number of alkyl halides is 30. The van der Waals surface area contributed by atoms with E-state index in [2.05, 4.69) is 0 Å². The molecule has 0 heterocycles. The molecule has 0 nitrogen and oxygen atoms in total. The van der Waals surface area contributed by atoms with Crippen LogP contribution in [-0.2, 0) is 19.5 Å². The first-order chi connectivity index (χ1) is 18.2. The third kappa shape index (κ3) is 9.64. The summed E-state index contributed by atoms with van der Waals surface area (Å²) in [6, 6.07) is 0. The molecule has 0 bridgehead atoms. The number of rotatable bonds is 6. The van der Waals surface area contributed by atoms with Crippen molar-refractivity contribution in [3.05, 3.63) is 0 Å². The van der Waals surface area contributed by atoms with Gasteiger partial charge in [0.2, 0.25) is 0 Å². The molecule has 0 unspecified atom stereocenters. The van der Waals surface area contributed by atoms with Crippen molar-refractivity contribution >= 4 is 39.5 Å². The van der Waals surface area contributed by atoms with E-state index in [4.69, 9.17) is 0 Å². The molecule has 0 spiro atoms. The van der Waals surface area contributed by atoms with Crippen LogP contribution in [-0.4, -0.2) is 100 Å². The van der Waals surface area contributed by atoms with Gasteiger partial charge in [0.15, 0.2) is 0 Å². The van der Waals surface area contributed by atoms with Crippen molar-refractivity contribution in [2.45, 2.75) is 60.7 Å². The first kappa shape index (κ1) is 49.5. The van der Waals surface area contributed by atoms with Gasteiger partial charge < -0.3 is 0 Å². The largest absolute Gasteiger partial charge is 0 e. The van der Waals surface area contributed by atoms with E-state index in [1.807, 2.05) is 0 Å². The Kier molecular flexibility index (Phi) is 14.8. The van der Waals surface area contributed by atoms with Crippen LogP contribution in [0.15, 0.2) is 0 Å². The summed E-state index contributed by atoms with van der Waals surface area (Å²) in [5.74, 6) is 0. The van der Waals surface area contributed by atoms with Gasteiger partial charge in [-0.25, -0.2) is 0 Å². The molecule has 0 saturated carbocycles. The monoisotopic (exact) mass is 1020 g/mol. The molecule has 45 heavy (non-hydrogen) atoms. The van der Waals surface area contributed by atoms with Crippen LogP contribution in [0.2, 0.25) is 0 Å². The number of hydrogen-bond acceptors (Lipinski definition) is 0. The molecule has 33 heteroatoms. The van der Waals surface area contributed by atoms with E-state index >= 15 is 0 Å². The van der Waals surface area contributed by atoms with E-state index in [9.17, 15) is 132 Å². The normalized spacial score (nSPS) is 16.0. The summed E-state index contributed by atoms with van der Waals surface area (Å²) in [6.07, 6.45) is -44.6. The Hall–Kier alpha value is 0.121.